The summed E-state index contributed by atoms with van der Waals surface area (Å²) in [6.45, 7) is 6.84. The summed E-state index contributed by atoms with van der Waals surface area (Å²) in [6.07, 6.45) is 2.14. The molecule has 0 amide bonds. The molecule has 0 saturated heterocycles. The Hall–Kier alpha value is -0.670. The molecule has 0 aliphatic rings. The second-order valence-corrected chi connectivity index (χ2v) is 3.20. The normalized spacial score (nSPS) is 14.1. The minimum absolute atomic E-state index is 0.0716. The Morgan fingerprint density at radius 3 is 2.54 bits per heavy atom. The van der Waals surface area contributed by atoms with Crippen LogP contribution in [0.3, 0.4) is 0 Å². The van der Waals surface area contributed by atoms with Crippen LogP contribution >= 0.6 is 0 Å². The van der Waals surface area contributed by atoms with Crippen LogP contribution in [-0.4, -0.2) is 32.6 Å². The standard InChI is InChI=1S/C10H20N2O/c1-8(2)6-10(11-4)7-12-9(3)13-5/h6,9,12H,7H2,1-5H3. The summed E-state index contributed by atoms with van der Waals surface area (Å²) in [6, 6.07) is 0. The van der Waals surface area contributed by atoms with Crippen molar-refractivity contribution in [2.75, 3.05) is 20.7 Å². The molecule has 0 aromatic rings. The van der Waals surface area contributed by atoms with Crippen molar-refractivity contribution in [2.45, 2.75) is 27.0 Å². The molecule has 0 rings (SSSR count). The molecule has 0 aromatic heterocycles. The third kappa shape index (κ3) is 6.49. The van der Waals surface area contributed by atoms with Gasteiger partial charge in [0.05, 0.1) is 0 Å². The smallest absolute Gasteiger partial charge is 0.105 e. The van der Waals surface area contributed by atoms with Crippen LogP contribution in [0, 0.1) is 0 Å². The molecule has 76 valence electrons. The minimum Gasteiger partial charge on any atom is -0.367 e. The van der Waals surface area contributed by atoms with E-state index in [1.54, 1.807) is 14.2 Å². The maximum atomic E-state index is 5.06. The lowest BCUT2D eigenvalue weighted by molar-refractivity contribution is 0.0939. The zero-order valence-electron chi connectivity index (χ0n) is 9.22. The Labute approximate surface area is 80.9 Å². The van der Waals surface area contributed by atoms with Crippen LogP contribution < -0.4 is 5.32 Å². The quantitative estimate of drug-likeness (QED) is 0.520. The van der Waals surface area contributed by atoms with Gasteiger partial charge in [0.15, 0.2) is 0 Å². The van der Waals surface area contributed by atoms with E-state index < -0.39 is 0 Å². The van der Waals surface area contributed by atoms with Gasteiger partial charge in [-0.2, -0.15) is 0 Å². The lowest BCUT2D eigenvalue weighted by Gasteiger charge is -2.11. The third-order valence-electron chi connectivity index (χ3n) is 1.67. The van der Waals surface area contributed by atoms with Gasteiger partial charge in [-0.05, 0) is 26.8 Å². The second-order valence-electron chi connectivity index (χ2n) is 3.20. The van der Waals surface area contributed by atoms with Crippen molar-refractivity contribution >= 4 is 5.71 Å². The van der Waals surface area contributed by atoms with E-state index in [1.807, 2.05) is 6.92 Å². The summed E-state index contributed by atoms with van der Waals surface area (Å²) in [5.74, 6) is 0. The van der Waals surface area contributed by atoms with Gasteiger partial charge >= 0.3 is 0 Å². The molecular weight excluding hydrogens is 164 g/mol. The Balaban J connectivity index is 3.95. The minimum atomic E-state index is 0.0716. The predicted molar refractivity (Wildman–Crippen MR) is 57.3 cm³/mol. The first-order valence-electron chi connectivity index (χ1n) is 4.47. The molecule has 0 aliphatic heterocycles. The predicted octanol–water partition coefficient (Wildman–Crippen LogP) is 1.61. The largest absolute Gasteiger partial charge is 0.367 e. The van der Waals surface area contributed by atoms with Crippen molar-refractivity contribution in [3.05, 3.63) is 11.6 Å². The van der Waals surface area contributed by atoms with E-state index in [9.17, 15) is 0 Å². The highest BCUT2D eigenvalue weighted by Crippen LogP contribution is 1.91. The highest BCUT2D eigenvalue weighted by atomic mass is 16.5. The Morgan fingerprint density at radius 1 is 1.54 bits per heavy atom. The molecule has 1 unspecified atom stereocenters. The van der Waals surface area contributed by atoms with Gasteiger partial charge in [0.1, 0.15) is 6.23 Å². The van der Waals surface area contributed by atoms with Crippen molar-refractivity contribution in [1.29, 1.82) is 0 Å². The number of ether oxygens (including phenoxy) is 1. The average Bonchev–Trinajstić information content (AvgIpc) is 2.10. The molecule has 0 heterocycles. The molecule has 0 aromatic carbocycles. The van der Waals surface area contributed by atoms with Gasteiger partial charge in [-0.25, -0.2) is 0 Å². The maximum absolute atomic E-state index is 5.06. The van der Waals surface area contributed by atoms with Crippen molar-refractivity contribution in [3.63, 3.8) is 0 Å². The van der Waals surface area contributed by atoms with Gasteiger partial charge in [-0.1, -0.05) is 5.57 Å². The SMILES string of the molecule is CN=C(C=C(C)C)CNC(C)OC. The summed E-state index contributed by atoms with van der Waals surface area (Å²) in [5.41, 5.74) is 2.30. The Morgan fingerprint density at radius 2 is 2.15 bits per heavy atom. The molecule has 3 heteroatoms. The summed E-state index contributed by atoms with van der Waals surface area (Å²) >= 11 is 0. The van der Waals surface area contributed by atoms with E-state index in [-0.39, 0.29) is 6.23 Å². The number of hydrogen-bond donors (Lipinski definition) is 1. The molecule has 13 heavy (non-hydrogen) atoms. The van der Waals surface area contributed by atoms with Gasteiger partial charge in [-0.15, -0.1) is 0 Å². The average molecular weight is 184 g/mol. The topological polar surface area (TPSA) is 33.6 Å². The lowest BCUT2D eigenvalue weighted by atomic mass is 10.2. The number of allylic oxidation sites excluding steroid dienone is 1. The maximum Gasteiger partial charge on any atom is 0.105 e. The Kier molecular flexibility index (Phi) is 6.45. The van der Waals surface area contributed by atoms with Gasteiger partial charge in [0, 0.05) is 26.4 Å². The number of nitrogens with zero attached hydrogens (tertiary/aromatic N) is 1. The summed E-state index contributed by atoms with van der Waals surface area (Å²) in [7, 11) is 3.48. The van der Waals surface area contributed by atoms with E-state index >= 15 is 0 Å². The van der Waals surface area contributed by atoms with E-state index in [0.717, 1.165) is 12.3 Å². The van der Waals surface area contributed by atoms with Crippen LogP contribution in [0.1, 0.15) is 20.8 Å². The van der Waals surface area contributed by atoms with Gasteiger partial charge in [0.25, 0.3) is 0 Å². The van der Waals surface area contributed by atoms with Crippen molar-refractivity contribution < 1.29 is 4.74 Å². The first-order valence-corrected chi connectivity index (χ1v) is 4.47. The first-order chi connectivity index (χ1) is 6.10. The third-order valence-corrected chi connectivity index (χ3v) is 1.67. The molecule has 0 aliphatic carbocycles. The molecule has 0 fully saturated rings. The molecule has 1 atom stereocenters. The van der Waals surface area contributed by atoms with E-state index in [0.29, 0.717) is 0 Å². The molecule has 0 radical (unpaired) electrons. The molecular formula is C10H20N2O. The molecule has 3 nitrogen and oxygen atoms in total. The van der Waals surface area contributed by atoms with E-state index in [4.69, 9.17) is 4.74 Å². The monoisotopic (exact) mass is 184 g/mol. The summed E-state index contributed by atoms with van der Waals surface area (Å²) in [4.78, 5) is 4.16. The highest BCUT2D eigenvalue weighted by Gasteiger charge is 1.99. The van der Waals surface area contributed by atoms with Crippen molar-refractivity contribution in [2.24, 2.45) is 4.99 Å². The fraction of sp³-hybridized carbons (Fsp3) is 0.700. The van der Waals surface area contributed by atoms with Crippen LogP contribution in [0.5, 0.6) is 0 Å². The van der Waals surface area contributed by atoms with Gasteiger partial charge in [-0.3, -0.25) is 10.3 Å². The van der Waals surface area contributed by atoms with E-state index in [2.05, 4.69) is 30.2 Å². The summed E-state index contributed by atoms with van der Waals surface area (Å²) < 4.78 is 5.06. The van der Waals surface area contributed by atoms with Crippen LogP contribution in [0.25, 0.3) is 0 Å². The zero-order valence-corrected chi connectivity index (χ0v) is 9.22. The molecule has 0 saturated carbocycles. The first kappa shape index (κ1) is 12.3. The van der Waals surface area contributed by atoms with Crippen LogP contribution in [0.4, 0.5) is 0 Å². The molecule has 1 N–H and O–H groups in total. The molecule has 0 bridgehead atoms. The second kappa shape index (κ2) is 6.80. The van der Waals surface area contributed by atoms with E-state index in [1.165, 1.54) is 5.57 Å². The molecule has 0 spiro atoms. The van der Waals surface area contributed by atoms with Gasteiger partial charge in [0.2, 0.25) is 0 Å². The highest BCUT2D eigenvalue weighted by molar-refractivity contribution is 5.96. The summed E-state index contributed by atoms with van der Waals surface area (Å²) in [5, 5.41) is 3.19. The van der Waals surface area contributed by atoms with Crippen LogP contribution in [0.2, 0.25) is 0 Å². The number of methoxy groups -OCH3 is 1. The fourth-order valence-electron chi connectivity index (χ4n) is 0.859. The number of nitrogens with one attached hydrogen (secondary N) is 1. The number of aliphatic imine (C=N–C) groups is 1. The zero-order chi connectivity index (χ0) is 10.3. The lowest BCUT2D eigenvalue weighted by Crippen LogP contribution is -2.32. The van der Waals surface area contributed by atoms with Crippen molar-refractivity contribution in [1.82, 2.24) is 5.32 Å². The number of rotatable bonds is 5. The van der Waals surface area contributed by atoms with Crippen molar-refractivity contribution in [3.8, 4) is 0 Å². The van der Waals surface area contributed by atoms with Crippen LogP contribution in [-0.2, 0) is 4.74 Å². The number of hydrogen-bond acceptors (Lipinski definition) is 3. The van der Waals surface area contributed by atoms with Crippen LogP contribution in [0.15, 0.2) is 16.6 Å². The fourth-order valence-corrected chi connectivity index (χ4v) is 0.859. The Bertz CT molecular complexity index is 193. The van der Waals surface area contributed by atoms with Gasteiger partial charge < -0.3 is 4.74 Å².